The van der Waals surface area contributed by atoms with Gasteiger partial charge in [0.2, 0.25) is 5.88 Å². The van der Waals surface area contributed by atoms with E-state index in [0.717, 1.165) is 38.3 Å². The molecule has 0 radical (unpaired) electrons. The number of aliphatic hydroxyl groups is 1. The zero-order valence-corrected chi connectivity index (χ0v) is 23.4. The number of pyridine rings is 1. The quantitative estimate of drug-likeness (QED) is 0.299. The third-order valence-corrected chi connectivity index (χ3v) is 5.81. The van der Waals surface area contributed by atoms with Crippen LogP contribution < -0.4 is 55.5 Å². The minimum absolute atomic E-state index is 0. The summed E-state index contributed by atoms with van der Waals surface area (Å²) in [5.41, 5.74) is 5.16. The van der Waals surface area contributed by atoms with Crippen molar-refractivity contribution < 1.29 is 48.7 Å². The van der Waals surface area contributed by atoms with Crippen LogP contribution in [0.5, 0.6) is 11.6 Å². The summed E-state index contributed by atoms with van der Waals surface area (Å²) in [4.78, 5) is 30.4. The van der Waals surface area contributed by atoms with Crippen molar-refractivity contribution in [3.8, 4) is 22.8 Å². The molecule has 0 unspecified atom stereocenters. The number of aromatic nitrogens is 3. The van der Waals surface area contributed by atoms with Gasteiger partial charge in [-0.15, -0.1) is 0 Å². The van der Waals surface area contributed by atoms with Gasteiger partial charge in [0.25, 0.3) is 0 Å². The van der Waals surface area contributed by atoms with Crippen LogP contribution in [0.3, 0.4) is 0 Å². The molecule has 1 N–H and O–H groups in total. The van der Waals surface area contributed by atoms with Crippen LogP contribution >= 0.6 is 0 Å². The first-order valence-corrected chi connectivity index (χ1v) is 11.6. The molecule has 2 aromatic carbocycles. The van der Waals surface area contributed by atoms with Gasteiger partial charge >= 0.3 is 35.3 Å². The van der Waals surface area contributed by atoms with Gasteiger partial charge in [0.05, 0.1) is 12.7 Å². The molecule has 2 aromatic heterocycles. The van der Waals surface area contributed by atoms with Crippen LogP contribution in [0.25, 0.3) is 11.1 Å². The van der Waals surface area contributed by atoms with Gasteiger partial charge in [-0.1, -0.05) is 30.3 Å². The third-order valence-electron chi connectivity index (χ3n) is 5.81. The average molecular weight is 514 g/mol. The number of ether oxygens (including phenoxy) is 2. The van der Waals surface area contributed by atoms with Gasteiger partial charge in [0, 0.05) is 30.3 Å². The fraction of sp³-hybridized carbons (Fsp3) is 0.296. The molecule has 10 heteroatoms. The Morgan fingerprint density at radius 1 is 1.03 bits per heavy atom. The average Bonchev–Trinajstić information content (AvgIpc) is 3.16. The smallest absolute Gasteiger partial charge is 0.489 e. The number of rotatable bonds is 10. The number of nitrogens with zero attached hydrogens (tertiary/aromatic N) is 3. The normalized spacial score (nSPS) is 11.6. The predicted molar refractivity (Wildman–Crippen MR) is 133 cm³/mol. The molecule has 0 saturated heterocycles. The Labute approximate surface area is 236 Å². The molecule has 0 bridgehead atoms. The first kappa shape index (κ1) is 28.5. The molecular formula is C27H28N3NaO6. The third kappa shape index (κ3) is 7.45. The van der Waals surface area contributed by atoms with Gasteiger partial charge < -0.3 is 24.1 Å². The van der Waals surface area contributed by atoms with Crippen molar-refractivity contribution in [1.29, 1.82) is 0 Å². The molecule has 0 amide bonds. The fourth-order valence-corrected chi connectivity index (χ4v) is 3.77. The van der Waals surface area contributed by atoms with Crippen molar-refractivity contribution in [1.82, 2.24) is 14.7 Å². The van der Waals surface area contributed by atoms with Crippen molar-refractivity contribution in [2.45, 2.75) is 46.4 Å². The van der Waals surface area contributed by atoms with E-state index in [4.69, 9.17) is 14.0 Å². The van der Waals surface area contributed by atoms with E-state index in [1.807, 2.05) is 31.2 Å². The van der Waals surface area contributed by atoms with Gasteiger partial charge in [-0.05, 0) is 61.2 Å². The summed E-state index contributed by atoms with van der Waals surface area (Å²) in [5.74, 6) is 0.314. The Morgan fingerprint density at radius 3 is 2.43 bits per heavy atom. The Kier molecular flexibility index (Phi) is 9.93. The van der Waals surface area contributed by atoms with Crippen LogP contribution in [0.15, 0.2) is 68.7 Å². The van der Waals surface area contributed by atoms with E-state index in [0.29, 0.717) is 31.3 Å². The molecular weight excluding hydrogens is 485 g/mol. The first-order chi connectivity index (χ1) is 17.3. The Bertz CT molecular complexity index is 1440. The van der Waals surface area contributed by atoms with Crippen LogP contribution in [0.1, 0.15) is 35.7 Å². The van der Waals surface area contributed by atoms with Gasteiger partial charge in [0.1, 0.15) is 12.4 Å². The number of aliphatic hydroxyl groups excluding tert-OH is 1. The van der Waals surface area contributed by atoms with E-state index >= 15 is 0 Å². The van der Waals surface area contributed by atoms with Crippen LogP contribution in [-0.2, 0) is 13.2 Å². The van der Waals surface area contributed by atoms with E-state index < -0.39 is 17.5 Å². The molecule has 4 rings (SSSR count). The summed E-state index contributed by atoms with van der Waals surface area (Å²) in [6.07, 6.45) is 0.144. The van der Waals surface area contributed by atoms with Crippen LogP contribution in [0, 0.1) is 13.8 Å². The standard InChI is InChI=1S/C27H29N3O6.Na/c1-17(31)13-14-34-25-12-11-24(19(3)28-25)23-6-4-5-21(18(23)2)16-35-22-9-7-20(8-10-22)15-30-26(32)29-27(33)36-30;/h4-12,17,31H,13-16H2,1-3H3,(H,29,32,33);/q;+1/p-1/t17-;/m0./s1. The molecule has 0 aliphatic heterocycles. The van der Waals surface area contributed by atoms with Gasteiger partial charge in [-0.25, -0.2) is 9.78 Å². The van der Waals surface area contributed by atoms with E-state index in [9.17, 15) is 14.7 Å². The SMILES string of the molecule is Cc1nc(OCC[C@H](C)O)ccc1-c1cccc(COc2ccc(Cn3oc(=O)[n-]c3=O)cc2)c1C.[Na+]. The van der Waals surface area contributed by atoms with Crippen molar-refractivity contribution in [3.05, 3.63) is 98.0 Å². The fourth-order valence-electron chi connectivity index (χ4n) is 3.77. The maximum Gasteiger partial charge on any atom is 1.00 e. The second kappa shape index (κ2) is 12.9. The van der Waals surface area contributed by atoms with Crippen molar-refractivity contribution >= 4 is 0 Å². The van der Waals surface area contributed by atoms with E-state index in [-0.39, 0.29) is 36.1 Å². The number of hydrogen-bond donors (Lipinski definition) is 1. The number of aryl methyl sites for hydroxylation is 1. The molecule has 188 valence electrons. The molecule has 0 aliphatic carbocycles. The molecule has 0 saturated carbocycles. The monoisotopic (exact) mass is 513 g/mol. The second-order valence-corrected chi connectivity index (χ2v) is 8.58. The van der Waals surface area contributed by atoms with E-state index in [1.165, 1.54) is 0 Å². The minimum Gasteiger partial charge on any atom is -0.489 e. The Balaban J connectivity index is 0.00000380. The van der Waals surface area contributed by atoms with Crippen LogP contribution in [-0.4, -0.2) is 27.5 Å². The Hall–Kier alpha value is -3.11. The predicted octanol–water partition coefficient (Wildman–Crippen LogP) is 0.219. The maximum atomic E-state index is 11.5. The Morgan fingerprint density at radius 2 is 1.78 bits per heavy atom. The molecule has 9 nitrogen and oxygen atoms in total. The largest absolute Gasteiger partial charge is 1.00 e. The summed E-state index contributed by atoms with van der Waals surface area (Å²) in [6.45, 7) is 6.65. The van der Waals surface area contributed by atoms with Gasteiger partial charge in [-0.2, -0.15) is 0 Å². The topological polar surface area (TPSA) is 118 Å². The van der Waals surface area contributed by atoms with Gasteiger partial charge in [-0.3, -0.25) is 9.53 Å². The number of hydrogen-bond acceptors (Lipinski definition) is 7. The molecule has 1 atom stereocenters. The molecule has 0 spiro atoms. The van der Waals surface area contributed by atoms with E-state index in [2.05, 4.69) is 23.0 Å². The van der Waals surface area contributed by atoms with Crippen LogP contribution in [0.2, 0.25) is 0 Å². The molecule has 4 aromatic rings. The second-order valence-electron chi connectivity index (χ2n) is 8.58. The van der Waals surface area contributed by atoms with Crippen molar-refractivity contribution in [2.75, 3.05) is 6.61 Å². The zero-order chi connectivity index (χ0) is 25.7. The van der Waals surface area contributed by atoms with Crippen molar-refractivity contribution in [2.24, 2.45) is 0 Å². The van der Waals surface area contributed by atoms with E-state index in [1.54, 1.807) is 31.2 Å². The summed E-state index contributed by atoms with van der Waals surface area (Å²) >= 11 is 0. The van der Waals surface area contributed by atoms with Crippen LogP contribution in [0.4, 0.5) is 0 Å². The molecule has 0 fully saturated rings. The first-order valence-electron chi connectivity index (χ1n) is 11.6. The van der Waals surface area contributed by atoms with Crippen molar-refractivity contribution in [3.63, 3.8) is 0 Å². The summed E-state index contributed by atoms with van der Waals surface area (Å²) in [6, 6.07) is 17.1. The number of benzene rings is 2. The summed E-state index contributed by atoms with van der Waals surface area (Å²) < 4.78 is 17.3. The minimum atomic E-state index is -0.902. The summed E-state index contributed by atoms with van der Waals surface area (Å²) in [5, 5.41) is 9.39. The maximum absolute atomic E-state index is 11.5. The molecule has 0 aliphatic rings. The van der Waals surface area contributed by atoms with Gasteiger partial charge in [0.15, 0.2) is 5.69 Å². The molecule has 2 heterocycles. The summed E-state index contributed by atoms with van der Waals surface area (Å²) in [7, 11) is 0. The zero-order valence-electron chi connectivity index (χ0n) is 21.4. The molecule has 37 heavy (non-hydrogen) atoms.